The number of hydrogen-bond donors (Lipinski definition) is 0. The predicted molar refractivity (Wildman–Crippen MR) is 164 cm³/mol. The second-order valence-corrected chi connectivity index (χ2v) is 12.9. The largest absolute Gasteiger partial charge is 0.440 e. The van der Waals surface area contributed by atoms with Gasteiger partial charge < -0.3 is 4.74 Å². The standard InChI is InChI=1S/C37H44N2O2/c40-35-39-27-26-38(28-34(39)37(41-35,32-22-12-4-13-23-32)33-24-14-5-15-25-33)36(29-16-6-1-7-17-29,30-18-8-2-9-19-30)31-20-10-3-11-21-31/h1-3,6-11,16-21,32-34H,4-5,12-15,22-28H2. The van der Waals surface area contributed by atoms with Crippen LogP contribution >= 0.6 is 0 Å². The van der Waals surface area contributed by atoms with Crippen molar-refractivity contribution in [3.8, 4) is 0 Å². The fourth-order valence-corrected chi connectivity index (χ4v) is 9.21. The summed E-state index contributed by atoms with van der Waals surface area (Å²) in [6, 6.07) is 33.2. The first-order valence-corrected chi connectivity index (χ1v) is 16.2. The van der Waals surface area contributed by atoms with E-state index in [-0.39, 0.29) is 17.7 Å². The Bertz CT molecular complexity index is 1180. The molecule has 214 valence electrons. The van der Waals surface area contributed by atoms with Gasteiger partial charge in [-0.1, -0.05) is 130 Å². The maximum atomic E-state index is 13.8. The van der Waals surface area contributed by atoms with Crippen molar-refractivity contribution in [3.05, 3.63) is 108 Å². The SMILES string of the molecule is O=C1OC(C2CCCCC2)(C2CCCCC2)C2CN(C(c3ccccc3)(c3ccccc3)c3ccccc3)CCN12. The summed E-state index contributed by atoms with van der Waals surface area (Å²) < 4.78 is 6.81. The molecular formula is C37H44N2O2. The van der Waals surface area contributed by atoms with E-state index in [0.717, 1.165) is 13.1 Å². The van der Waals surface area contributed by atoms with Gasteiger partial charge in [-0.05, 0) is 42.4 Å². The summed E-state index contributed by atoms with van der Waals surface area (Å²) in [5.41, 5.74) is 2.98. The number of benzene rings is 3. The zero-order valence-corrected chi connectivity index (χ0v) is 24.3. The third-order valence-electron chi connectivity index (χ3n) is 10.9. The van der Waals surface area contributed by atoms with Crippen molar-refractivity contribution in [1.82, 2.24) is 9.80 Å². The van der Waals surface area contributed by atoms with Crippen LogP contribution in [0.4, 0.5) is 4.79 Å². The Labute approximate surface area is 245 Å². The summed E-state index contributed by atoms with van der Waals surface area (Å²) >= 11 is 0. The van der Waals surface area contributed by atoms with Crippen LogP contribution in [-0.4, -0.2) is 47.2 Å². The fourth-order valence-electron chi connectivity index (χ4n) is 9.21. The minimum absolute atomic E-state index is 0.0597. The third kappa shape index (κ3) is 4.41. The average Bonchev–Trinajstić information content (AvgIpc) is 3.36. The Morgan fingerprint density at radius 3 is 1.49 bits per heavy atom. The second kappa shape index (κ2) is 11.3. The van der Waals surface area contributed by atoms with E-state index < -0.39 is 5.54 Å². The van der Waals surface area contributed by atoms with Crippen molar-refractivity contribution in [2.24, 2.45) is 11.8 Å². The number of carbonyl (C=O) groups excluding carboxylic acids is 1. The van der Waals surface area contributed by atoms with Crippen LogP contribution in [0.3, 0.4) is 0 Å². The van der Waals surface area contributed by atoms with Gasteiger partial charge in [0.15, 0.2) is 0 Å². The molecule has 3 aromatic rings. The number of ether oxygens (including phenoxy) is 1. The monoisotopic (exact) mass is 548 g/mol. The van der Waals surface area contributed by atoms with Crippen molar-refractivity contribution < 1.29 is 9.53 Å². The van der Waals surface area contributed by atoms with Gasteiger partial charge in [0.25, 0.3) is 0 Å². The van der Waals surface area contributed by atoms with Gasteiger partial charge in [-0.3, -0.25) is 9.80 Å². The van der Waals surface area contributed by atoms with Crippen molar-refractivity contribution in [2.45, 2.75) is 81.4 Å². The molecule has 0 N–H and O–H groups in total. The molecule has 2 saturated carbocycles. The minimum Gasteiger partial charge on any atom is -0.440 e. The molecule has 4 aliphatic rings. The van der Waals surface area contributed by atoms with Crippen molar-refractivity contribution >= 4 is 6.09 Å². The normalized spacial score (nSPS) is 24.1. The quantitative estimate of drug-likeness (QED) is 0.293. The Kier molecular flexibility index (Phi) is 7.37. The zero-order valence-electron chi connectivity index (χ0n) is 24.3. The van der Waals surface area contributed by atoms with E-state index in [0.29, 0.717) is 18.4 Å². The highest BCUT2D eigenvalue weighted by Gasteiger charge is 2.63. The lowest BCUT2D eigenvalue weighted by Gasteiger charge is -2.54. The summed E-state index contributed by atoms with van der Waals surface area (Å²) in [5, 5.41) is 0. The molecule has 7 rings (SSSR count). The van der Waals surface area contributed by atoms with Crippen LogP contribution in [0.5, 0.6) is 0 Å². The van der Waals surface area contributed by atoms with Crippen LogP contribution in [0.1, 0.15) is 80.9 Å². The second-order valence-electron chi connectivity index (χ2n) is 12.9. The van der Waals surface area contributed by atoms with Gasteiger partial charge in [0.05, 0.1) is 11.6 Å². The summed E-state index contributed by atoms with van der Waals surface area (Å²) in [7, 11) is 0. The molecular weight excluding hydrogens is 504 g/mol. The minimum atomic E-state index is -0.466. The molecule has 0 aromatic heterocycles. The lowest BCUT2D eigenvalue weighted by molar-refractivity contribution is -0.103. The van der Waals surface area contributed by atoms with Crippen LogP contribution in [0, 0.1) is 11.8 Å². The van der Waals surface area contributed by atoms with Gasteiger partial charge in [-0.15, -0.1) is 0 Å². The first-order chi connectivity index (χ1) is 20.2. The molecule has 1 amide bonds. The number of cyclic esters (lactones) is 1. The Morgan fingerprint density at radius 2 is 1.05 bits per heavy atom. The third-order valence-corrected chi connectivity index (χ3v) is 10.9. The van der Waals surface area contributed by atoms with Crippen LogP contribution < -0.4 is 0 Å². The summed E-state index contributed by atoms with van der Waals surface area (Å²) in [5.74, 6) is 0.913. The molecule has 41 heavy (non-hydrogen) atoms. The molecule has 2 saturated heterocycles. The highest BCUT2D eigenvalue weighted by Crippen LogP contribution is 2.54. The smallest absolute Gasteiger partial charge is 0.410 e. The van der Waals surface area contributed by atoms with E-state index in [1.54, 1.807) is 0 Å². The molecule has 0 radical (unpaired) electrons. The number of hydrogen-bond acceptors (Lipinski definition) is 3. The van der Waals surface area contributed by atoms with E-state index in [9.17, 15) is 4.79 Å². The van der Waals surface area contributed by atoms with Crippen LogP contribution in [-0.2, 0) is 10.3 Å². The van der Waals surface area contributed by atoms with Crippen molar-refractivity contribution in [2.75, 3.05) is 19.6 Å². The Balaban J connectivity index is 1.39. The number of nitrogens with zero attached hydrogens (tertiary/aromatic N) is 2. The topological polar surface area (TPSA) is 32.8 Å². The number of fused-ring (bicyclic) bond motifs is 1. The molecule has 0 spiro atoms. The molecule has 2 heterocycles. The number of piperazine rings is 1. The maximum absolute atomic E-state index is 13.8. The first kappa shape index (κ1) is 26.8. The molecule has 1 atom stereocenters. The number of rotatable bonds is 6. The van der Waals surface area contributed by atoms with E-state index in [1.165, 1.54) is 80.9 Å². The average molecular weight is 549 g/mol. The highest BCUT2D eigenvalue weighted by molar-refractivity contribution is 5.72. The summed E-state index contributed by atoms with van der Waals surface area (Å²) in [4.78, 5) is 18.6. The summed E-state index contributed by atoms with van der Waals surface area (Å²) in [6.45, 7) is 2.33. The van der Waals surface area contributed by atoms with Crippen LogP contribution in [0.15, 0.2) is 91.0 Å². The molecule has 4 nitrogen and oxygen atoms in total. The van der Waals surface area contributed by atoms with Gasteiger partial charge >= 0.3 is 6.09 Å². The molecule has 1 unspecified atom stereocenters. The van der Waals surface area contributed by atoms with E-state index in [2.05, 4.69) is 101 Å². The number of amides is 1. The fraction of sp³-hybridized carbons (Fsp3) is 0.486. The van der Waals surface area contributed by atoms with Crippen LogP contribution in [0.2, 0.25) is 0 Å². The molecule has 3 aromatic carbocycles. The lowest BCUT2D eigenvalue weighted by Crippen LogP contribution is -2.66. The molecule has 4 heteroatoms. The molecule has 0 bridgehead atoms. The Morgan fingerprint density at radius 1 is 0.610 bits per heavy atom. The van der Waals surface area contributed by atoms with E-state index in [4.69, 9.17) is 4.74 Å². The summed E-state index contributed by atoms with van der Waals surface area (Å²) in [6.07, 6.45) is 12.4. The van der Waals surface area contributed by atoms with Gasteiger partial charge in [-0.25, -0.2) is 4.79 Å². The highest BCUT2D eigenvalue weighted by atomic mass is 16.6. The molecule has 4 fully saturated rings. The van der Waals surface area contributed by atoms with Gasteiger partial charge in [0.2, 0.25) is 0 Å². The van der Waals surface area contributed by atoms with Gasteiger partial charge in [0, 0.05) is 31.5 Å². The Hall–Kier alpha value is -3.11. The maximum Gasteiger partial charge on any atom is 0.410 e. The molecule has 2 aliphatic carbocycles. The van der Waals surface area contributed by atoms with Crippen LogP contribution in [0.25, 0.3) is 0 Å². The van der Waals surface area contributed by atoms with E-state index >= 15 is 0 Å². The number of carbonyl (C=O) groups is 1. The van der Waals surface area contributed by atoms with Crippen molar-refractivity contribution in [3.63, 3.8) is 0 Å². The lowest BCUT2D eigenvalue weighted by atomic mass is 9.62. The van der Waals surface area contributed by atoms with Gasteiger partial charge in [-0.2, -0.15) is 0 Å². The predicted octanol–water partition coefficient (Wildman–Crippen LogP) is 8.01. The first-order valence-electron chi connectivity index (χ1n) is 16.2. The van der Waals surface area contributed by atoms with Gasteiger partial charge in [0.1, 0.15) is 5.60 Å². The zero-order chi connectivity index (χ0) is 27.7. The van der Waals surface area contributed by atoms with Crippen molar-refractivity contribution in [1.29, 1.82) is 0 Å². The van der Waals surface area contributed by atoms with E-state index in [1.807, 2.05) is 0 Å². The molecule has 2 aliphatic heterocycles.